The predicted molar refractivity (Wildman–Crippen MR) is 167 cm³/mol. The molecule has 7 nitrogen and oxygen atoms in total. The number of fused-ring (bicyclic) bond motifs is 1. The Morgan fingerprint density at radius 3 is 2.02 bits per heavy atom. The molecule has 0 bridgehead atoms. The van der Waals surface area contributed by atoms with Gasteiger partial charge >= 0.3 is 11.9 Å². The van der Waals surface area contributed by atoms with Gasteiger partial charge in [0.2, 0.25) is 0 Å². The van der Waals surface area contributed by atoms with Gasteiger partial charge in [-0.05, 0) is 66.0 Å². The van der Waals surface area contributed by atoms with Crippen LogP contribution in [0.15, 0.2) is 115 Å². The van der Waals surface area contributed by atoms with E-state index < -0.39 is 18.1 Å². The van der Waals surface area contributed by atoms with Crippen molar-refractivity contribution < 1.29 is 19.1 Å². The second-order valence-electron chi connectivity index (χ2n) is 9.71. The van der Waals surface area contributed by atoms with Crippen LogP contribution < -0.4 is 25.2 Å². The van der Waals surface area contributed by atoms with Crippen molar-refractivity contribution in [2.75, 3.05) is 4.90 Å². The molecule has 1 saturated heterocycles. The van der Waals surface area contributed by atoms with Crippen molar-refractivity contribution >= 4 is 45.7 Å². The Kier molecular flexibility index (Phi) is 7.64. The average molecular weight is 574 g/mol. The second-order valence-corrected chi connectivity index (χ2v) is 10.1. The number of anilines is 1. The standard InChI is InChI=1S/C34H27N3O4S/c1-2-22-20-27(31-35-36-34(42)37(31)28-19-11-17-23-12-9-10-18-26(23)28)30(41-33(39)25-15-7-4-8-16-25)21-29(22)40-32(38)24-13-5-3-6-14-24/h3-21,31,35H,2H2,1H3,(H,36,42). The zero-order valence-corrected chi connectivity index (χ0v) is 23.6. The smallest absolute Gasteiger partial charge is 0.343 e. The molecule has 1 fully saturated rings. The number of thiocarbonyl (C=S) groups is 1. The molecular formula is C34H27N3O4S. The van der Waals surface area contributed by atoms with E-state index in [1.807, 2.05) is 72.5 Å². The number of carbonyl (C=O) groups excluding carboxylic acids is 2. The molecule has 0 aromatic heterocycles. The number of hydrogen-bond acceptors (Lipinski definition) is 6. The minimum absolute atomic E-state index is 0.242. The molecule has 0 aliphatic carbocycles. The number of carbonyl (C=O) groups is 2. The van der Waals surface area contributed by atoms with E-state index in [0.717, 1.165) is 22.0 Å². The summed E-state index contributed by atoms with van der Waals surface area (Å²) in [5, 5.41) is 2.55. The summed E-state index contributed by atoms with van der Waals surface area (Å²) in [6, 6.07) is 35.1. The van der Waals surface area contributed by atoms with Gasteiger partial charge in [0.15, 0.2) is 5.11 Å². The first-order valence-electron chi connectivity index (χ1n) is 13.6. The molecule has 5 aromatic rings. The van der Waals surface area contributed by atoms with Gasteiger partial charge in [-0.1, -0.05) is 79.7 Å². The predicted octanol–water partition coefficient (Wildman–Crippen LogP) is 6.74. The van der Waals surface area contributed by atoms with E-state index in [9.17, 15) is 9.59 Å². The van der Waals surface area contributed by atoms with Crippen molar-refractivity contribution in [3.63, 3.8) is 0 Å². The lowest BCUT2D eigenvalue weighted by Gasteiger charge is -2.28. The topological polar surface area (TPSA) is 79.9 Å². The third-order valence-corrected chi connectivity index (χ3v) is 7.41. The van der Waals surface area contributed by atoms with Crippen LogP contribution in [0.2, 0.25) is 0 Å². The zero-order valence-electron chi connectivity index (χ0n) is 22.7. The highest BCUT2D eigenvalue weighted by Gasteiger charge is 2.35. The molecule has 1 unspecified atom stereocenters. The molecule has 0 saturated carbocycles. The number of aryl methyl sites for hydroxylation is 1. The highest BCUT2D eigenvalue weighted by molar-refractivity contribution is 7.80. The third-order valence-electron chi connectivity index (χ3n) is 7.11. The summed E-state index contributed by atoms with van der Waals surface area (Å²) in [5.74, 6) is -0.480. The van der Waals surface area contributed by atoms with Crippen LogP contribution in [0.3, 0.4) is 0 Å². The van der Waals surface area contributed by atoms with Gasteiger partial charge in [-0.15, -0.1) is 0 Å². The molecule has 42 heavy (non-hydrogen) atoms. The fourth-order valence-corrected chi connectivity index (χ4v) is 5.28. The first kappa shape index (κ1) is 27.1. The number of hydrogen-bond donors (Lipinski definition) is 2. The summed E-state index contributed by atoms with van der Waals surface area (Å²) < 4.78 is 11.9. The Morgan fingerprint density at radius 2 is 1.36 bits per heavy atom. The third kappa shape index (κ3) is 5.33. The van der Waals surface area contributed by atoms with Gasteiger partial charge in [0, 0.05) is 17.0 Å². The van der Waals surface area contributed by atoms with Crippen LogP contribution in [0.4, 0.5) is 5.69 Å². The summed E-state index contributed by atoms with van der Waals surface area (Å²) >= 11 is 5.74. The Labute approximate surface area is 248 Å². The molecule has 8 heteroatoms. The number of nitrogens with zero attached hydrogens (tertiary/aromatic N) is 1. The van der Waals surface area contributed by atoms with Crippen LogP contribution in [0.5, 0.6) is 11.5 Å². The van der Waals surface area contributed by atoms with Crippen LogP contribution >= 0.6 is 12.2 Å². The lowest BCUT2D eigenvalue weighted by atomic mass is 10.0. The van der Waals surface area contributed by atoms with Gasteiger partial charge in [0.1, 0.15) is 17.7 Å². The van der Waals surface area contributed by atoms with Gasteiger partial charge in [-0.2, -0.15) is 0 Å². The summed E-state index contributed by atoms with van der Waals surface area (Å²) in [7, 11) is 0. The maximum atomic E-state index is 13.3. The molecule has 0 spiro atoms. The van der Waals surface area contributed by atoms with Crippen LogP contribution in [0, 0.1) is 0 Å². The average Bonchev–Trinajstić information content (AvgIpc) is 3.42. The SMILES string of the molecule is CCc1cc(C2NNC(=S)N2c2cccc3ccccc23)c(OC(=O)c2ccccc2)cc1OC(=O)c1ccccc1. The molecule has 1 heterocycles. The second kappa shape index (κ2) is 11.8. The van der Waals surface area contributed by atoms with Crippen LogP contribution in [-0.2, 0) is 6.42 Å². The van der Waals surface area contributed by atoms with Crippen LogP contribution in [0.25, 0.3) is 10.8 Å². The lowest BCUT2D eigenvalue weighted by molar-refractivity contribution is 0.0730. The minimum atomic E-state index is -0.536. The van der Waals surface area contributed by atoms with Crippen molar-refractivity contribution in [1.29, 1.82) is 0 Å². The monoisotopic (exact) mass is 573 g/mol. The summed E-state index contributed by atoms with van der Waals surface area (Å²) in [6.07, 6.45) is 0.0296. The molecular weight excluding hydrogens is 546 g/mol. The molecule has 0 amide bonds. The highest BCUT2D eigenvalue weighted by atomic mass is 32.1. The van der Waals surface area contributed by atoms with E-state index in [0.29, 0.717) is 34.0 Å². The normalized spacial score (nSPS) is 14.5. The Hall–Kier alpha value is -5.05. The molecule has 1 aliphatic rings. The van der Waals surface area contributed by atoms with Gasteiger partial charge < -0.3 is 9.47 Å². The number of ether oxygens (including phenoxy) is 2. The minimum Gasteiger partial charge on any atom is -0.422 e. The van der Waals surface area contributed by atoms with E-state index in [1.165, 1.54) is 0 Å². The molecule has 1 aliphatic heterocycles. The van der Waals surface area contributed by atoms with E-state index >= 15 is 0 Å². The molecule has 1 atom stereocenters. The van der Waals surface area contributed by atoms with E-state index in [1.54, 1.807) is 54.6 Å². The first-order chi connectivity index (χ1) is 20.5. The van der Waals surface area contributed by atoms with Crippen LogP contribution in [0.1, 0.15) is 44.9 Å². The highest BCUT2D eigenvalue weighted by Crippen LogP contribution is 2.40. The van der Waals surface area contributed by atoms with Crippen molar-refractivity contribution in [2.24, 2.45) is 0 Å². The zero-order chi connectivity index (χ0) is 29.1. The Bertz CT molecular complexity index is 1790. The maximum Gasteiger partial charge on any atom is 0.343 e. The molecule has 0 radical (unpaired) electrons. The van der Waals surface area contributed by atoms with Crippen molar-refractivity contribution in [1.82, 2.24) is 10.9 Å². The molecule has 208 valence electrons. The van der Waals surface area contributed by atoms with Gasteiger partial charge in [0.25, 0.3) is 0 Å². The lowest BCUT2D eigenvalue weighted by Crippen LogP contribution is -2.30. The number of esters is 2. The van der Waals surface area contributed by atoms with Gasteiger partial charge in [-0.25, -0.2) is 15.0 Å². The van der Waals surface area contributed by atoms with Gasteiger partial charge in [-0.3, -0.25) is 10.3 Å². The van der Waals surface area contributed by atoms with Gasteiger partial charge in [0.05, 0.1) is 16.8 Å². The number of rotatable bonds is 7. The van der Waals surface area contributed by atoms with E-state index in [4.69, 9.17) is 21.7 Å². The Balaban J connectivity index is 1.46. The molecule has 6 rings (SSSR count). The number of hydrazine groups is 1. The Morgan fingerprint density at radius 1 is 0.762 bits per heavy atom. The van der Waals surface area contributed by atoms with Crippen molar-refractivity contribution in [3.8, 4) is 11.5 Å². The van der Waals surface area contributed by atoms with E-state index in [2.05, 4.69) is 10.9 Å². The summed E-state index contributed by atoms with van der Waals surface area (Å²) in [6.45, 7) is 1.97. The molecule has 2 N–H and O–H groups in total. The number of nitrogens with one attached hydrogen (secondary N) is 2. The quantitative estimate of drug-likeness (QED) is 0.126. The fourth-order valence-electron chi connectivity index (χ4n) is 5.02. The molecule has 5 aromatic carbocycles. The summed E-state index contributed by atoms with van der Waals surface area (Å²) in [4.78, 5) is 28.2. The largest absolute Gasteiger partial charge is 0.422 e. The van der Waals surface area contributed by atoms with Crippen LogP contribution in [-0.4, -0.2) is 17.1 Å². The van der Waals surface area contributed by atoms with E-state index in [-0.39, 0.29) is 5.75 Å². The summed E-state index contributed by atoms with van der Waals surface area (Å²) in [5.41, 5.74) is 9.46. The maximum absolute atomic E-state index is 13.3. The number of benzene rings is 5. The fraction of sp³-hybridized carbons (Fsp3) is 0.0882. The first-order valence-corrected chi connectivity index (χ1v) is 14.0. The van der Waals surface area contributed by atoms with Crippen molar-refractivity contribution in [2.45, 2.75) is 19.5 Å². The van der Waals surface area contributed by atoms with Crippen molar-refractivity contribution in [3.05, 3.63) is 138 Å².